The third-order valence-electron chi connectivity index (χ3n) is 4.30. The number of unbranched alkanes of at least 4 members (excludes halogenated alkanes) is 12. The first-order valence-electron chi connectivity index (χ1n) is 10.1. The first-order valence-corrected chi connectivity index (χ1v) is 10.1. The lowest BCUT2D eigenvalue weighted by Crippen LogP contribution is -2.25. The van der Waals surface area contributed by atoms with Gasteiger partial charge in [0.2, 0.25) is 0 Å². The predicted molar refractivity (Wildman–Crippen MR) is 101 cm³/mol. The molecule has 0 bridgehead atoms. The average molecular weight is 341 g/mol. The maximum Gasteiger partial charge on any atom is 0.318 e. The van der Waals surface area contributed by atoms with Gasteiger partial charge in [-0.1, -0.05) is 84.0 Å². The number of esters is 2. The molecule has 0 unspecified atom stereocenters. The van der Waals surface area contributed by atoms with Crippen molar-refractivity contribution in [2.45, 2.75) is 118 Å². The van der Waals surface area contributed by atoms with Crippen LogP contribution in [0.2, 0.25) is 0 Å². The summed E-state index contributed by atoms with van der Waals surface area (Å²) in [7, 11) is 0. The number of carbonyl (C=O) groups excluding carboxylic acids is 2. The van der Waals surface area contributed by atoms with Crippen LogP contribution in [-0.4, -0.2) is 11.9 Å². The molecule has 0 aromatic heterocycles. The average Bonchev–Trinajstić information content (AvgIpc) is 2.51. The summed E-state index contributed by atoms with van der Waals surface area (Å²) in [5, 5.41) is 0. The van der Waals surface area contributed by atoms with E-state index in [-0.39, 0.29) is 5.97 Å². The predicted octanol–water partition coefficient (Wildman–Crippen LogP) is 6.58. The van der Waals surface area contributed by atoms with E-state index in [4.69, 9.17) is 4.74 Å². The zero-order chi connectivity index (χ0) is 18.3. The lowest BCUT2D eigenvalue weighted by Gasteiger charge is -2.15. The Bertz CT molecular complexity index is 328. The maximum atomic E-state index is 11.6. The second-order valence-electron chi connectivity index (χ2n) is 8.00. The number of hydrogen-bond donors (Lipinski definition) is 0. The van der Waals surface area contributed by atoms with Crippen LogP contribution in [-0.2, 0) is 14.3 Å². The highest BCUT2D eigenvalue weighted by atomic mass is 16.6. The Balaban J connectivity index is 3.31. The monoisotopic (exact) mass is 340 g/mol. The molecule has 3 heteroatoms. The minimum atomic E-state index is -0.605. The standard InChI is InChI=1S/C21H40O3/c1-5-6-7-8-9-10-11-12-13-14-15-16-17-18-19(22)24-20(23)21(2,3)4/h5-18H2,1-4H3. The Hall–Kier alpha value is -0.860. The Morgan fingerprint density at radius 3 is 1.42 bits per heavy atom. The molecule has 0 rings (SSSR count). The van der Waals surface area contributed by atoms with E-state index in [0.29, 0.717) is 6.42 Å². The number of ether oxygens (including phenoxy) is 1. The van der Waals surface area contributed by atoms with Gasteiger partial charge >= 0.3 is 11.9 Å². The highest BCUT2D eigenvalue weighted by Crippen LogP contribution is 2.16. The molecule has 0 aliphatic carbocycles. The molecular weight excluding hydrogens is 300 g/mol. The summed E-state index contributed by atoms with van der Waals surface area (Å²) in [6, 6.07) is 0. The molecule has 3 nitrogen and oxygen atoms in total. The van der Waals surface area contributed by atoms with Gasteiger partial charge in [-0.05, 0) is 27.2 Å². The summed E-state index contributed by atoms with van der Waals surface area (Å²) < 4.78 is 4.84. The van der Waals surface area contributed by atoms with Crippen LogP contribution >= 0.6 is 0 Å². The molecule has 0 aromatic carbocycles. The van der Waals surface area contributed by atoms with Crippen molar-refractivity contribution in [1.29, 1.82) is 0 Å². The second-order valence-corrected chi connectivity index (χ2v) is 8.00. The van der Waals surface area contributed by atoms with Gasteiger partial charge in [0, 0.05) is 6.42 Å². The first-order chi connectivity index (χ1) is 11.4. The SMILES string of the molecule is CCCCCCCCCCCCCCCC(=O)OC(=O)C(C)(C)C. The zero-order valence-electron chi connectivity index (χ0n) is 16.6. The van der Waals surface area contributed by atoms with Crippen molar-refractivity contribution in [3.05, 3.63) is 0 Å². The van der Waals surface area contributed by atoms with E-state index in [2.05, 4.69) is 6.92 Å². The highest BCUT2D eigenvalue weighted by Gasteiger charge is 2.25. The van der Waals surface area contributed by atoms with E-state index in [1.165, 1.54) is 70.6 Å². The minimum absolute atomic E-state index is 0.361. The van der Waals surface area contributed by atoms with Gasteiger partial charge in [-0.15, -0.1) is 0 Å². The van der Waals surface area contributed by atoms with Gasteiger partial charge in [-0.25, -0.2) is 0 Å². The normalized spacial score (nSPS) is 11.5. The molecule has 0 fully saturated rings. The Morgan fingerprint density at radius 1 is 0.667 bits per heavy atom. The molecule has 0 aromatic rings. The van der Waals surface area contributed by atoms with E-state index in [1.807, 2.05) is 0 Å². The van der Waals surface area contributed by atoms with Crippen molar-refractivity contribution in [2.24, 2.45) is 5.41 Å². The van der Waals surface area contributed by atoms with Crippen molar-refractivity contribution in [3.63, 3.8) is 0 Å². The molecule has 142 valence electrons. The Morgan fingerprint density at radius 2 is 1.04 bits per heavy atom. The molecule has 0 aliphatic heterocycles. The summed E-state index contributed by atoms with van der Waals surface area (Å²) in [5.74, 6) is -0.805. The van der Waals surface area contributed by atoms with Gasteiger partial charge in [-0.2, -0.15) is 0 Å². The maximum absolute atomic E-state index is 11.6. The van der Waals surface area contributed by atoms with Crippen LogP contribution in [0.4, 0.5) is 0 Å². The largest absolute Gasteiger partial charge is 0.393 e. The van der Waals surface area contributed by atoms with Crippen LogP contribution in [0.25, 0.3) is 0 Å². The summed E-state index contributed by atoms with van der Waals surface area (Å²) in [6.07, 6.45) is 17.0. The summed E-state index contributed by atoms with van der Waals surface area (Å²) in [6.45, 7) is 7.53. The molecule has 0 radical (unpaired) electrons. The molecular formula is C21H40O3. The zero-order valence-corrected chi connectivity index (χ0v) is 16.6. The molecule has 0 N–H and O–H groups in total. The number of carbonyl (C=O) groups is 2. The van der Waals surface area contributed by atoms with Crippen molar-refractivity contribution in [1.82, 2.24) is 0 Å². The van der Waals surface area contributed by atoms with Crippen LogP contribution < -0.4 is 0 Å². The lowest BCUT2D eigenvalue weighted by molar-refractivity contribution is -0.165. The molecule has 24 heavy (non-hydrogen) atoms. The van der Waals surface area contributed by atoms with Crippen LogP contribution in [0, 0.1) is 5.41 Å². The van der Waals surface area contributed by atoms with E-state index in [1.54, 1.807) is 20.8 Å². The lowest BCUT2D eigenvalue weighted by atomic mass is 9.97. The molecule has 0 saturated carbocycles. The van der Waals surface area contributed by atoms with Gasteiger partial charge < -0.3 is 4.74 Å². The molecule has 0 atom stereocenters. The van der Waals surface area contributed by atoms with Crippen molar-refractivity contribution >= 4 is 11.9 Å². The molecule has 0 amide bonds. The van der Waals surface area contributed by atoms with Gasteiger partial charge in [0.15, 0.2) is 0 Å². The molecule has 0 aliphatic rings. The number of hydrogen-bond acceptors (Lipinski definition) is 3. The number of rotatable bonds is 14. The smallest absolute Gasteiger partial charge is 0.318 e. The minimum Gasteiger partial charge on any atom is -0.393 e. The summed E-state index contributed by atoms with van der Waals surface area (Å²) in [5.41, 5.74) is -0.605. The summed E-state index contributed by atoms with van der Waals surface area (Å²) in [4.78, 5) is 23.1. The second kappa shape index (κ2) is 14.5. The first kappa shape index (κ1) is 23.1. The quantitative estimate of drug-likeness (QED) is 0.204. The van der Waals surface area contributed by atoms with Crippen molar-refractivity contribution in [3.8, 4) is 0 Å². The van der Waals surface area contributed by atoms with E-state index in [9.17, 15) is 9.59 Å². The molecule has 0 spiro atoms. The Kier molecular flexibility index (Phi) is 14.0. The van der Waals surface area contributed by atoms with Crippen LogP contribution in [0.15, 0.2) is 0 Å². The van der Waals surface area contributed by atoms with Crippen molar-refractivity contribution in [2.75, 3.05) is 0 Å². The molecule has 0 heterocycles. The molecule has 0 saturated heterocycles. The Labute approximate surface area is 149 Å². The van der Waals surface area contributed by atoms with Gasteiger partial charge in [-0.3, -0.25) is 9.59 Å². The van der Waals surface area contributed by atoms with E-state index < -0.39 is 11.4 Å². The fourth-order valence-electron chi connectivity index (χ4n) is 2.59. The van der Waals surface area contributed by atoms with Gasteiger partial charge in [0.05, 0.1) is 5.41 Å². The topological polar surface area (TPSA) is 43.4 Å². The fourth-order valence-corrected chi connectivity index (χ4v) is 2.59. The summed E-state index contributed by atoms with van der Waals surface area (Å²) >= 11 is 0. The van der Waals surface area contributed by atoms with Gasteiger partial charge in [0.1, 0.15) is 0 Å². The van der Waals surface area contributed by atoms with Gasteiger partial charge in [0.25, 0.3) is 0 Å². The van der Waals surface area contributed by atoms with E-state index in [0.717, 1.165) is 12.8 Å². The van der Waals surface area contributed by atoms with Crippen LogP contribution in [0.5, 0.6) is 0 Å². The van der Waals surface area contributed by atoms with E-state index >= 15 is 0 Å². The van der Waals surface area contributed by atoms with Crippen molar-refractivity contribution < 1.29 is 14.3 Å². The third-order valence-corrected chi connectivity index (χ3v) is 4.30. The van der Waals surface area contributed by atoms with Crippen LogP contribution in [0.1, 0.15) is 118 Å². The highest BCUT2D eigenvalue weighted by molar-refractivity contribution is 5.88. The fraction of sp³-hybridized carbons (Fsp3) is 0.905. The van der Waals surface area contributed by atoms with Crippen LogP contribution in [0.3, 0.4) is 0 Å². The third kappa shape index (κ3) is 14.7.